The summed E-state index contributed by atoms with van der Waals surface area (Å²) in [4.78, 5) is 2.44. The van der Waals surface area contributed by atoms with Gasteiger partial charge in [0.25, 0.3) is 0 Å². The highest BCUT2D eigenvalue weighted by Gasteiger charge is 2.36. The highest BCUT2D eigenvalue weighted by molar-refractivity contribution is 5.16. The van der Waals surface area contributed by atoms with Gasteiger partial charge in [-0.15, -0.1) is 0 Å². The Balaban J connectivity index is 1.96. The predicted molar refractivity (Wildman–Crippen MR) is 88.3 cm³/mol. The zero-order chi connectivity index (χ0) is 15.5. The molecule has 21 heavy (non-hydrogen) atoms. The molecular weight excluding hydrogens is 260 g/mol. The van der Waals surface area contributed by atoms with Gasteiger partial charge in [0.05, 0.1) is 5.69 Å². The van der Waals surface area contributed by atoms with Crippen molar-refractivity contribution in [3.8, 4) is 0 Å². The van der Waals surface area contributed by atoms with Crippen LogP contribution in [-0.2, 0) is 20.0 Å². The Morgan fingerprint density at radius 2 is 2.24 bits per heavy atom. The molecule has 1 heterocycles. The molecule has 2 rings (SSSR count). The smallest absolute Gasteiger partial charge is 0.0666 e. The molecule has 0 aliphatic heterocycles. The zero-order valence-corrected chi connectivity index (χ0v) is 14.4. The maximum atomic E-state index is 4.53. The van der Waals surface area contributed by atoms with Gasteiger partial charge >= 0.3 is 0 Å². The molecule has 4 heteroatoms. The van der Waals surface area contributed by atoms with Gasteiger partial charge in [-0.1, -0.05) is 26.7 Å². The molecule has 0 bridgehead atoms. The maximum absolute atomic E-state index is 4.53. The number of likely N-dealkylation sites (N-methyl/N-ethyl adjacent to an activating group) is 1. The van der Waals surface area contributed by atoms with E-state index in [4.69, 9.17) is 0 Å². The van der Waals surface area contributed by atoms with Crippen LogP contribution in [0.25, 0.3) is 0 Å². The highest BCUT2D eigenvalue weighted by atomic mass is 15.3. The minimum atomic E-state index is 0.326. The van der Waals surface area contributed by atoms with E-state index in [-0.39, 0.29) is 0 Å². The molecule has 0 radical (unpaired) electrons. The molecule has 4 nitrogen and oxygen atoms in total. The third-order valence-electron chi connectivity index (χ3n) is 5.11. The second-order valence-corrected chi connectivity index (χ2v) is 7.05. The van der Waals surface area contributed by atoms with Crippen molar-refractivity contribution in [2.75, 3.05) is 20.6 Å². The Hall–Kier alpha value is -0.870. The lowest BCUT2D eigenvalue weighted by atomic mass is 9.75. The first-order valence-corrected chi connectivity index (χ1v) is 8.36. The topological polar surface area (TPSA) is 33.1 Å². The summed E-state index contributed by atoms with van der Waals surface area (Å²) in [5.74, 6) is 0.840. The summed E-state index contributed by atoms with van der Waals surface area (Å²) in [7, 11) is 6.48. The number of nitrogens with one attached hydrogen (secondary N) is 1. The average molecular weight is 292 g/mol. The summed E-state index contributed by atoms with van der Waals surface area (Å²) < 4.78 is 1.93. The number of aryl methyl sites for hydroxylation is 2. The minimum Gasteiger partial charge on any atom is -0.311 e. The molecule has 0 amide bonds. The van der Waals surface area contributed by atoms with Crippen LogP contribution in [0.3, 0.4) is 0 Å². The first-order valence-electron chi connectivity index (χ1n) is 8.36. The van der Waals surface area contributed by atoms with E-state index in [0.717, 1.165) is 25.4 Å². The zero-order valence-electron chi connectivity index (χ0n) is 14.4. The molecule has 1 aliphatic rings. The van der Waals surface area contributed by atoms with Gasteiger partial charge in [-0.2, -0.15) is 5.10 Å². The number of rotatable bonds is 6. The van der Waals surface area contributed by atoms with Crippen LogP contribution in [0.15, 0.2) is 6.20 Å². The van der Waals surface area contributed by atoms with Crippen molar-refractivity contribution in [3.63, 3.8) is 0 Å². The summed E-state index contributed by atoms with van der Waals surface area (Å²) in [5, 5.41) is 8.23. The Labute approximate surface area is 129 Å². The van der Waals surface area contributed by atoms with E-state index >= 15 is 0 Å². The highest BCUT2D eigenvalue weighted by Crippen LogP contribution is 2.35. The first-order chi connectivity index (χ1) is 9.97. The van der Waals surface area contributed by atoms with Gasteiger partial charge in [-0.25, -0.2) is 0 Å². The fourth-order valence-corrected chi connectivity index (χ4v) is 3.82. The van der Waals surface area contributed by atoms with Gasteiger partial charge in [0, 0.05) is 37.4 Å². The van der Waals surface area contributed by atoms with E-state index in [1.807, 2.05) is 11.7 Å². The molecule has 2 atom stereocenters. The molecule has 120 valence electrons. The van der Waals surface area contributed by atoms with Crippen molar-refractivity contribution in [3.05, 3.63) is 17.5 Å². The lowest BCUT2D eigenvalue weighted by Gasteiger charge is -2.45. The van der Waals surface area contributed by atoms with Gasteiger partial charge in [-0.05, 0) is 39.3 Å². The van der Waals surface area contributed by atoms with Crippen molar-refractivity contribution < 1.29 is 0 Å². The summed E-state index contributed by atoms with van der Waals surface area (Å²) in [6, 6.07) is 0. The van der Waals surface area contributed by atoms with E-state index in [9.17, 15) is 0 Å². The normalized spacial score (nSPS) is 26.5. The van der Waals surface area contributed by atoms with Crippen LogP contribution >= 0.6 is 0 Å². The fraction of sp³-hybridized carbons (Fsp3) is 0.824. The number of hydrogen-bond donors (Lipinski definition) is 1. The molecule has 0 saturated heterocycles. The van der Waals surface area contributed by atoms with E-state index in [2.05, 4.69) is 49.5 Å². The van der Waals surface area contributed by atoms with Gasteiger partial charge in [0.1, 0.15) is 0 Å². The third-order valence-corrected chi connectivity index (χ3v) is 5.11. The van der Waals surface area contributed by atoms with Gasteiger partial charge in [-0.3, -0.25) is 4.68 Å². The molecule has 1 saturated carbocycles. The van der Waals surface area contributed by atoms with Crippen molar-refractivity contribution in [2.45, 2.75) is 58.0 Å². The van der Waals surface area contributed by atoms with Crippen LogP contribution in [0.4, 0.5) is 0 Å². The molecule has 0 aromatic carbocycles. The van der Waals surface area contributed by atoms with Crippen LogP contribution in [0.1, 0.15) is 50.8 Å². The monoisotopic (exact) mass is 292 g/mol. The fourth-order valence-electron chi connectivity index (χ4n) is 3.82. The molecule has 0 spiro atoms. The second-order valence-electron chi connectivity index (χ2n) is 7.05. The molecule has 1 aromatic rings. The maximum Gasteiger partial charge on any atom is 0.0666 e. The SMILES string of the molecule is CCc1nn(C)cc1CNCC1(N(C)C)CCCC(C)C1. The molecule has 1 aromatic heterocycles. The lowest BCUT2D eigenvalue weighted by molar-refractivity contribution is 0.0749. The largest absolute Gasteiger partial charge is 0.311 e. The summed E-state index contributed by atoms with van der Waals surface area (Å²) in [5.41, 5.74) is 2.89. The van der Waals surface area contributed by atoms with Crippen molar-refractivity contribution >= 4 is 0 Å². The van der Waals surface area contributed by atoms with Crippen LogP contribution < -0.4 is 5.32 Å². The summed E-state index contributed by atoms with van der Waals surface area (Å²) in [6.45, 7) is 6.58. The third kappa shape index (κ3) is 3.86. The van der Waals surface area contributed by atoms with Crippen LogP contribution in [0.2, 0.25) is 0 Å². The minimum absolute atomic E-state index is 0.326. The number of nitrogens with zero attached hydrogens (tertiary/aromatic N) is 3. The molecule has 1 N–H and O–H groups in total. The Bertz CT molecular complexity index is 452. The average Bonchev–Trinajstić information content (AvgIpc) is 2.79. The number of hydrogen-bond acceptors (Lipinski definition) is 3. The molecule has 1 aliphatic carbocycles. The quantitative estimate of drug-likeness (QED) is 0.875. The van der Waals surface area contributed by atoms with Crippen LogP contribution in [-0.4, -0.2) is 40.9 Å². The van der Waals surface area contributed by atoms with Crippen LogP contribution in [0, 0.1) is 5.92 Å². The first kappa shape index (κ1) is 16.5. The van der Waals surface area contributed by atoms with Crippen LogP contribution in [0.5, 0.6) is 0 Å². The molecule has 2 unspecified atom stereocenters. The predicted octanol–water partition coefficient (Wildman–Crippen LogP) is 2.58. The Kier molecular flexibility index (Phi) is 5.44. The van der Waals surface area contributed by atoms with E-state index < -0.39 is 0 Å². The Morgan fingerprint density at radius 3 is 2.86 bits per heavy atom. The van der Waals surface area contributed by atoms with Crippen molar-refractivity contribution in [1.82, 2.24) is 20.0 Å². The molecular formula is C17H32N4. The lowest BCUT2D eigenvalue weighted by Crippen LogP contribution is -2.54. The number of aromatic nitrogens is 2. The van der Waals surface area contributed by atoms with Gasteiger partial charge in [0.2, 0.25) is 0 Å². The second kappa shape index (κ2) is 6.93. The summed E-state index contributed by atoms with van der Waals surface area (Å²) >= 11 is 0. The van der Waals surface area contributed by atoms with E-state index in [1.54, 1.807) is 0 Å². The van der Waals surface area contributed by atoms with Gasteiger partial charge < -0.3 is 10.2 Å². The van der Waals surface area contributed by atoms with Crippen molar-refractivity contribution in [2.24, 2.45) is 13.0 Å². The molecule has 1 fully saturated rings. The summed E-state index contributed by atoms with van der Waals surface area (Å²) in [6.07, 6.45) is 8.52. The standard InChI is InChI=1S/C17H32N4/c1-6-16-15(12-21(5)19-16)11-18-13-17(20(3)4)9-7-8-14(2)10-17/h12,14,18H,6-11,13H2,1-5H3. The van der Waals surface area contributed by atoms with Crippen molar-refractivity contribution in [1.29, 1.82) is 0 Å². The van der Waals surface area contributed by atoms with E-state index in [1.165, 1.54) is 36.9 Å². The Morgan fingerprint density at radius 1 is 1.48 bits per heavy atom. The van der Waals surface area contributed by atoms with E-state index in [0.29, 0.717) is 5.54 Å². The van der Waals surface area contributed by atoms with Gasteiger partial charge in [0.15, 0.2) is 0 Å².